The minimum absolute atomic E-state index is 0.437. The van der Waals surface area contributed by atoms with Crippen LogP contribution in [-0.2, 0) is 4.74 Å². The zero-order chi connectivity index (χ0) is 12.8. The Labute approximate surface area is 107 Å². The van der Waals surface area contributed by atoms with Gasteiger partial charge in [-0.15, -0.1) is 0 Å². The molecule has 2 heteroatoms. The second-order valence-corrected chi connectivity index (χ2v) is 5.96. The van der Waals surface area contributed by atoms with Gasteiger partial charge in [0.2, 0.25) is 0 Å². The molecule has 1 N–H and O–H groups in total. The van der Waals surface area contributed by atoms with Crippen molar-refractivity contribution in [2.75, 3.05) is 20.2 Å². The van der Waals surface area contributed by atoms with E-state index in [1.54, 1.807) is 0 Å². The number of rotatable bonds is 6. The summed E-state index contributed by atoms with van der Waals surface area (Å²) in [4.78, 5) is 0. The summed E-state index contributed by atoms with van der Waals surface area (Å²) in [6.45, 7) is 12.6. The SMILES string of the molecule is C=C(CNC)COC1CC(C)CCC1C(C)C. The van der Waals surface area contributed by atoms with Crippen molar-refractivity contribution in [3.63, 3.8) is 0 Å². The van der Waals surface area contributed by atoms with Crippen molar-refractivity contribution >= 4 is 0 Å². The Morgan fingerprint density at radius 1 is 1.41 bits per heavy atom. The van der Waals surface area contributed by atoms with Crippen LogP contribution in [-0.4, -0.2) is 26.3 Å². The van der Waals surface area contributed by atoms with Gasteiger partial charge in [-0.2, -0.15) is 0 Å². The molecule has 0 amide bonds. The summed E-state index contributed by atoms with van der Waals surface area (Å²) < 4.78 is 6.10. The highest BCUT2D eigenvalue weighted by Crippen LogP contribution is 2.35. The normalized spacial score (nSPS) is 29.6. The Morgan fingerprint density at radius 3 is 2.71 bits per heavy atom. The van der Waals surface area contributed by atoms with Crippen molar-refractivity contribution in [1.29, 1.82) is 0 Å². The lowest BCUT2D eigenvalue weighted by molar-refractivity contribution is -0.0290. The molecule has 1 fully saturated rings. The van der Waals surface area contributed by atoms with Crippen LogP contribution in [0.2, 0.25) is 0 Å². The van der Waals surface area contributed by atoms with Crippen LogP contribution in [0.5, 0.6) is 0 Å². The van der Waals surface area contributed by atoms with E-state index in [1.807, 2.05) is 7.05 Å². The smallest absolute Gasteiger partial charge is 0.0690 e. The van der Waals surface area contributed by atoms with Crippen LogP contribution in [0.4, 0.5) is 0 Å². The third-order valence-electron chi connectivity index (χ3n) is 3.89. The fourth-order valence-electron chi connectivity index (χ4n) is 2.83. The van der Waals surface area contributed by atoms with Gasteiger partial charge in [-0.05, 0) is 43.2 Å². The second-order valence-electron chi connectivity index (χ2n) is 5.96. The van der Waals surface area contributed by atoms with Crippen LogP contribution < -0.4 is 5.32 Å². The third kappa shape index (κ3) is 4.81. The summed E-state index contributed by atoms with van der Waals surface area (Å²) in [5.74, 6) is 2.27. The summed E-state index contributed by atoms with van der Waals surface area (Å²) in [5.41, 5.74) is 1.15. The molecule has 0 aromatic heterocycles. The second kappa shape index (κ2) is 7.17. The Hall–Kier alpha value is -0.340. The molecule has 3 unspecified atom stereocenters. The van der Waals surface area contributed by atoms with Crippen LogP contribution in [0.15, 0.2) is 12.2 Å². The van der Waals surface area contributed by atoms with Crippen molar-refractivity contribution in [2.45, 2.75) is 46.1 Å². The Morgan fingerprint density at radius 2 is 2.12 bits per heavy atom. The van der Waals surface area contributed by atoms with Crippen molar-refractivity contribution in [1.82, 2.24) is 5.32 Å². The van der Waals surface area contributed by atoms with Crippen molar-refractivity contribution < 1.29 is 4.74 Å². The van der Waals surface area contributed by atoms with E-state index in [0.717, 1.165) is 29.9 Å². The maximum absolute atomic E-state index is 6.10. The van der Waals surface area contributed by atoms with E-state index in [-0.39, 0.29) is 0 Å². The van der Waals surface area contributed by atoms with Gasteiger partial charge < -0.3 is 10.1 Å². The maximum atomic E-state index is 6.10. The molecule has 17 heavy (non-hydrogen) atoms. The van der Waals surface area contributed by atoms with Crippen molar-refractivity contribution in [2.24, 2.45) is 17.8 Å². The summed E-state index contributed by atoms with van der Waals surface area (Å²) in [6, 6.07) is 0. The van der Waals surface area contributed by atoms with Gasteiger partial charge in [-0.3, -0.25) is 0 Å². The number of hydrogen-bond donors (Lipinski definition) is 1. The highest BCUT2D eigenvalue weighted by atomic mass is 16.5. The van der Waals surface area contributed by atoms with E-state index in [4.69, 9.17) is 4.74 Å². The molecule has 1 aliphatic rings. The van der Waals surface area contributed by atoms with Crippen LogP contribution in [0.3, 0.4) is 0 Å². The van der Waals surface area contributed by atoms with Crippen LogP contribution in [0.25, 0.3) is 0 Å². The Balaban J connectivity index is 2.43. The van der Waals surface area contributed by atoms with Gasteiger partial charge in [0, 0.05) is 6.54 Å². The molecular weight excluding hydrogens is 210 g/mol. The first-order chi connectivity index (χ1) is 8.04. The van der Waals surface area contributed by atoms with Gasteiger partial charge in [-0.1, -0.05) is 33.8 Å². The Bertz CT molecular complexity index is 237. The molecule has 0 heterocycles. The van der Waals surface area contributed by atoms with Gasteiger partial charge in [-0.25, -0.2) is 0 Å². The molecular formula is C15H29NO. The van der Waals surface area contributed by atoms with E-state index in [9.17, 15) is 0 Å². The molecule has 0 aromatic carbocycles. The van der Waals surface area contributed by atoms with Gasteiger partial charge in [0.1, 0.15) is 0 Å². The van der Waals surface area contributed by atoms with Crippen LogP contribution in [0, 0.1) is 17.8 Å². The molecule has 2 nitrogen and oxygen atoms in total. The minimum atomic E-state index is 0.437. The fraction of sp³-hybridized carbons (Fsp3) is 0.867. The van der Waals surface area contributed by atoms with Crippen LogP contribution in [0.1, 0.15) is 40.0 Å². The lowest BCUT2D eigenvalue weighted by Gasteiger charge is -2.37. The monoisotopic (exact) mass is 239 g/mol. The highest BCUT2D eigenvalue weighted by Gasteiger charge is 2.31. The van der Waals surface area contributed by atoms with Gasteiger partial charge in [0.15, 0.2) is 0 Å². The van der Waals surface area contributed by atoms with E-state index >= 15 is 0 Å². The molecule has 3 atom stereocenters. The van der Waals surface area contributed by atoms with Gasteiger partial charge in [0.25, 0.3) is 0 Å². The van der Waals surface area contributed by atoms with Crippen molar-refractivity contribution in [3.8, 4) is 0 Å². The first kappa shape index (κ1) is 14.7. The van der Waals surface area contributed by atoms with Gasteiger partial charge >= 0.3 is 0 Å². The minimum Gasteiger partial charge on any atom is -0.374 e. The lowest BCUT2D eigenvalue weighted by Crippen LogP contribution is -2.35. The summed E-state index contributed by atoms with van der Waals surface area (Å²) in [5, 5.41) is 3.12. The maximum Gasteiger partial charge on any atom is 0.0690 e. The van der Waals surface area contributed by atoms with Crippen LogP contribution >= 0.6 is 0 Å². The average Bonchev–Trinajstić information content (AvgIpc) is 2.26. The predicted molar refractivity (Wildman–Crippen MR) is 74.1 cm³/mol. The Kier molecular flexibility index (Phi) is 6.21. The summed E-state index contributed by atoms with van der Waals surface area (Å²) in [6.07, 6.45) is 4.34. The molecule has 100 valence electrons. The molecule has 0 saturated heterocycles. The zero-order valence-corrected chi connectivity index (χ0v) is 12.0. The average molecular weight is 239 g/mol. The molecule has 1 rings (SSSR count). The zero-order valence-electron chi connectivity index (χ0n) is 12.0. The highest BCUT2D eigenvalue weighted by molar-refractivity contribution is 4.97. The number of hydrogen-bond acceptors (Lipinski definition) is 2. The topological polar surface area (TPSA) is 21.3 Å². The number of nitrogens with one attached hydrogen (secondary N) is 1. The molecule has 0 aromatic rings. The van der Waals surface area contributed by atoms with E-state index in [0.29, 0.717) is 12.7 Å². The van der Waals surface area contributed by atoms with Gasteiger partial charge in [0.05, 0.1) is 12.7 Å². The number of ether oxygens (including phenoxy) is 1. The van der Waals surface area contributed by atoms with E-state index in [1.165, 1.54) is 19.3 Å². The first-order valence-corrected chi connectivity index (χ1v) is 6.97. The lowest BCUT2D eigenvalue weighted by atomic mass is 9.75. The number of likely N-dealkylation sites (N-methyl/N-ethyl adjacent to an activating group) is 1. The third-order valence-corrected chi connectivity index (χ3v) is 3.89. The van der Waals surface area contributed by atoms with E-state index < -0.39 is 0 Å². The quantitative estimate of drug-likeness (QED) is 0.719. The van der Waals surface area contributed by atoms with Crippen molar-refractivity contribution in [3.05, 3.63) is 12.2 Å². The predicted octanol–water partition coefficient (Wildman–Crippen LogP) is 3.24. The largest absolute Gasteiger partial charge is 0.374 e. The standard InChI is InChI=1S/C15H29NO/c1-11(2)14-7-6-12(3)8-15(14)17-10-13(4)9-16-5/h11-12,14-16H,4,6-10H2,1-3,5H3. The molecule has 0 spiro atoms. The fourth-order valence-corrected chi connectivity index (χ4v) is 2.83. The molecule has 1 saturated carbocycles. The molecule has 1 aliphatic carbocycles. The molecule has 0 bridgehead atoms. The summed E-state index contributed by atoms with van der Waals surface area (Å²) in [7, 11) is 1.95. The molecule has 0 aliphatic heterocycles. The summed E-state index contributed by atoms with van der Waals surface area (Å²) >= 11 is 0. The first-order valence-electron chi connectivity index (χ1n) is 6.97. The molecule has 0 radical (unpaired) electrons. The van der Waals surface area contributed by atoms with E-state index in [2.05, 4.69) is 32.7 Å².